The molecule has 3 aliphatic heterocycles. The highest BCUT2D eigenvalue weighted by molar-refractivity contribution is 8.00. The van der Waals surface area contributed by atoms with Gasteiger partial charge < -0.3 is 9.13 Å². The van der Waals surface area contributed by atoms with E-state index in [9.17, 15) is 0 Å². The molecule has 42 heavy (non-hydrogen) atoms. The number of hydrogen-bond acceptors (Lipinski definition) is 5. The molecule has 0 fully saturated rings. The molecule has 0 aromatic heterocycles. The second kappa shape index (κ2) is 9.61. The number of nitrogens with zero attached hydrogens (tertiary/aromatic N) is 2. The fourth-order valence-corrected chi connectivity index (χ4v) is 16.3. The summed E-state index contributed by atoms with van der Waals surface area (Å²) >= 11 is 5.69. The van der Waals surface area contributed by atoms with Crippen LogP contribution in [0.4, 0.5) is 22.7 Å². The molecule has 0 atom stereocenters. The molecule has 6 aromatic carbocycles. The number of para-hydroxylation sites is 4. The Morgan fingerprint density at radius 3 is 0.929 bits per heavy atom. The Morgan fingerprint density at radius 2 is 0.571 bits per heavy atom. The van der Waals surface area contributed by atoms with Crippen molar-refractivity contribution in [2.24, 2.45) is 0 Å². The lowest BCUT2D eigenvalue weighted by Gasteiger charge is -2.52. The predicted octanol–water partition coefficient (Wildman–Crippen LogP) is 9.31. The standard InChI is InChI=1S/C36H24N2S3Si/c1-5-17-29-25(13-1)37-27-15-3-7-19-31(27)40-33-21-9-11-23-35(33)42(37)36-24-12-10-22-34(36)41-32-20-8-4-16-28(32)38(42)26-14-2-6-18-30(26)39-29/h1-24H. The first kappa shape index (κ1) is 24.8. The molecule has 0 N–H and O–H groups in total. The van der Waals surface area contributed by atoms with Crippen LogP contribution < -0.4 is 19.5 Å². The number of anilines is 4. The van der Waals surface area contributed by atoms with Crippen LogP contribution in [-0.4, -0.2) is 8.40 Å². The van der Waals surface area contributed by atoms with Gasteiger partial charge in [0.05, 0.1) is 0 Å². The van der Waals surface area contributed by atoms with Gasteiger partial charge in [-0.3, -0.25) is 0 Å². The maximum absolute atomic E-state index is 3.13. The Morgan fingerprint density at radius 1 is 0.310 bits per heavy atom. The Bertz CT molecular complexity index is 1880. The quantitative estimate of drug-likeness (QED) is 0.158. The molecular weight excluding hydrogens is 585 g/mol. The van der Waals surface area contributed by atoms with E-state index in [1.54, 1.807) is 0 Å². The van der Waals surface area contributed by atoms with Crippen molar-refractivity contribution in [1.82, 2.24) is 0 Å². The smallest absolute Gasteiger partial charge is 0.341 e. The van der Waals surface area contributed by atoms with Gasteiger partial charge in [-0.25, -0.2) is 0 Å². The zero-order chi connectivity index (χ0) is 27.7. The molecule has 1 spiro atoms. The second-order valence-corrected chi connectivity index (χ2v) is 17.1. The van der Waals surface area contributed by atoms with Gasteiger partial charge >= 0.3 is 8.40 Å². The lowest BCUT2D eigenvalue weighted by atomic mass is 10.2. The number of rotatable bonds is 0. The SMILES string of the molecule is c1ccc2c(c1)Sc1ccccc1N1c3ccccc3Sc3ccccc3[Si]13c1ccccc1Sc1ccccc1N23. The van der Waals surface area contributed by atoms with Gasteiger partial charge in [-0.15, -0.1) is 0 Å². The minimum Gasteiger partial charge on any atom is -0.341 e. The van der Waals surface area contributed by atoms with Crippen LogP contribution in [0, 0.1) is 0 Å². The molecule has 3 heterocycles. The van der Waals surface area contributed by atoms with Crippen LogP contribution in [-0.2, 0) is 0 Å². The van der Waals surface area contributed by atoms with Gasteiger partial charge in [0.25, 0.3) is 0 Å². The molecule has 0 saturated carbocycles. The molecule has 200 valence electrons. The zero-order valence-corrected chi connectivity index (χ0v) is 25.9. The molecule has 3 aliphatic rings. The van der Waals surface area contributed by atoms with Crippen LogP contribution in [0.25, 0.3) is 0 Å². The summed E-state index contributed by atoms with van der Waals surface area (Å²) in [5.74, 6) is 0. The van der Waals surface area contributed by atoms with Crippen molar-refractivity contribution >= 4 is 76.8 Å². The summed E-state index contributed by atoms with van der Waals surface area (Å²) in [5.41, 5.74) is 5.05. The van der Waals surface area contributed by atoms with Gasteiger partial charge in [-0.2, -0.15) is 0 Å². The molecule has 6 aromatic rings. The average Bonchev–Trinajstić information content (AvgIpc) is 3.24. The third kappa shape index (κ3) is 3.44. The van der Waals surface area contributed by atoms with Crippen molar-refractivity contribution in [3.05, 3.63) is 146 Å². The Balaban J connectivity index is 1.58. The van der Waals surface area contributed by atoms with Gasteiger partial charge in [0, 0.05) is 62.5 Å². The van der Waals surface area contributed by atoms with Crippen LogP contribution >= 0.6 is 35.3 Å². The largest absolute Gasteiger partial charge is 0.342 e. The Hall–Kier alpha value is -3.81. The van der Waals surface area contributed by atoms with E-state index in [0.29, 0.717) is 0 Å². The minimum absolute atomic E-state index is 1.26. The number of benzene rings is 6. The average molecular weight is 609 g/mol. The van der Waals surface area contributed by atoms with Crippen LogP contribution in [0.2, 0.25) is 0 Å². The molecule has 0 aliphatic carbocycles. The maximum Gasteiger partial charge on any atom is 0.342 e. The molecule has 0 unspecified atom stereocenters. The van der Waals surface area contributed by atoms with Crippen LogP contribution in [0.3, 0.4) is 0 Å². The summed E-state index contributed by atoms with van der Waals surface area (Å²) in [7, 11) is -3.13. The normalized spacial score (nSPS) is 15.4. The summed E-state index contributed by atoms with van der Waals surface area (Å²) in [6.07, 6.45) is 0. The molecular formula is C36H24N2S3Si. The van der Waals surface area contributed by atoms with Gasteiger partial charge in [-0.05, 0) is 60.7 Å². The summed E-state index contributed by atoms with van der Waals surface area (Å²) < 4.78 is 5.56. The van der Waals surface area contributed by atoms with Crippen molar-refractivity contribution in [3.63, 3.8) is 0 Å². The number of fused-ring (bicyclic) bond motifs is 10. The summed E-state index contributed by atoms with van der Waals surface area (Å²) in [6.45, 7) is 0. The highest BCUT2D eigenvalue weighted by atomic mass is 32.2. The van der Waals surface area contributed by atoms with Crippen molar-refractivity contribution in [1.29, 1.82) is 0 Å². The lowest BCUT2D eigenvalue weighted by molar-refractivity contribution is 1.15. The molecule has 0 bridgehead atoms. The second-order valence-electron chi connectivity index (χ2n) is 10.5. The molecule has 0 saturated heterocycles. The van der Waals surface area contributed by atoms with Gasteiger partial charge in [0.15, 0.2) is 0 Å². The molecule has 0 radical (unpaired) electrons. The maximum atomic E-state index is 2.78. The molecule has 9 rings (SSSR count). The fourth-order valence-electron chi connectivity index (χ4n) is 6.64. The van der Waals surface area contributed by atoms with Gasteiger partial charge in [0.2, 0.25) is 0 Å². The van der Waals surface area contributed by atoms with Gasteiger partial charge in [0.1, 0.15) is 0 Å². The molecule has 2 nitrogen and oxygen atoms in total. The zero-order valence-electron chi connectivity index (χ0n) is 22.5. The monoisotopic (exact) mass is 608 g/mol. The Labute approximate surface area is 259 Å². The van der Waals surface area contributed by atoms with E-state index in [1.165, 1.54) is 62.5 Å². The fraction of sp³-hybridized carbons (Fsp3) is 0. The molecule has 0 amide bonds. The van der Waals surface area contributed by atoms with Crippen molar-refractivity contribution in [2.75, 3.05) is 9.13 Å². The Kier molecular flexibility index (Phi) is 5.66. The van der Waals surface area contributed by atoms with E-state index in [1.807, 2.05) is 35.3 Å². The molecule has 6 heteroatoms. The van der Waals surface area contributed by atoms with Crippen molar-refractivity contribution in [3.8, 4) is 0 Å². The third-order valence-electron chi connectivity index (χ3n) is 8.26. The summed E-state index contributed by atoms with van der Waals surface area (Å²) in [6, 6.07) is 54.4. The van der Waals surface area contributed by atoms with Crippen LogP contribution in [0.15, 0.2) is 175 Å². The van der Waals surface area contributed by atoms with E-state index in [-0.39, 0.29) is 0 Å². The minimum atomic E-state index is -3.13. The topological polar surface area (TPSA) is 6.48 Å². The first-order valence-electron chi connectivity index (χ1n) is 14.0. The van der Waals surface area contributed by atoms with E-state index in [2.05, 4.69) is 155 Å². The first-order valence-corrected chi connectivity index (χ1v) is 18.4. The van der Waals surface area contributed by atoms with E-state index in [0.717, 1.165) is 0 Å². The van der Waals surface area contributed by atoms with Crippen molar-refractivity contribution < 1.29 is 0 Å². The van der Waals surface area contributed by atoms with Crippen molar-refractivity contribution in [2.45, 2.75) is 29.4 Å². The van der Waals surface area contributed by atoms with E-state index >= 15 is 0 Å². The predicted molar refractivity (Wildman–Crippen MR) is 180 cm³/mol. The van der Waals surface area contributed by atoms with E-state index in [4.69, 9.17) is 0 Å². The van der Waals surface area contributed by atoms with Gasteiger partial charge in [-0.1, -0.05) is 120 Å². The summed E-state index contributed by atoms with van der Waals surface area (Å²) in [4.78, 5) is 7.77. The highest BCUT2D eigenvalue weighted by Gasteiger charge is 2.58. The third-order valence-corrected chi connectivity index (χ3v) is 16.7. The van der Waals surface area contributed by atoms with Crippen LogP contribution in [0.5, 0.6) is 0 Å². The highest BCUT2D eigenvalue weighted by Crippen LogP contribution is 2.56. The number of hydrogen-bond donors (Lipinski definition) is 0. The van der Waals surface area contributed by atoms with E-state index < -0.39 is 8.40 Å². The first-order chi connectivity index (χ1) is 20.8. The van der Waals surface area contributed by atoms with Crippen LogP contribution in [0.1, 0.15) is 0 Å². The summed E-state index contributed by atoms with van der Waals surface area (Å²) in [5, 5.41) is 2.82. The lowest BCUT2D eigenvalue weighted by Crippen LogP contribution is -2.78.